The average molecular weight is 376 g/mol. The molecule has 0 unspecified atom stereocenters. The number of aryl methyl sites for hydroxylation is 1. The van der Waals surface area contributed by atoms with E-state index >= 15 is 0 Å². The van der Waals surface area contributed by atoms with E-state index in [1.165, 1.54) is 29.2 Å². The minimum absolute atomic E-state index is 0.202. The summed E-state index contributed by atoms with van der Waals surface area (Å²) in [5.74, 6) is -0.598. The molecular weight excluding hydrogens is 361 g/mol. The summed E-state index contributed by atoms with van der Waals surface area (Å²) in [5, 5.41) is 16.1. The Morgan fingerprint density at radius 3 is 2.63 bits per heavy atom. The molecule has 0 aliphatic heterocycles. The lowest BCUT2D eigenvalue weighted by atomic mass is 10.1. The Morgan fingerprint density at radius 1 is 1.15 bits per heavy atom. The summed E-state index contributed by atoms with van der Waals surface area (Å²) in [6, 6.07) is 10.2. The normalized spacial score (nSPS) is 11.3. The molecule has 1 amide bonds. The Kier molecular flexibility index (Phi) is 5.06. The van der Waals surface area contributed by atoms with E-state index in [1.54, 1.807) is 12.1 Å². The number of carbonyl (C=O) groups is 1. The Balaban J connectivity index is 1.69. The average Bonchev–Trinajstić information content (AvgIpc) is 3.15. The van der Waals surface area contributed by atoms with Gasteiger partial charge in [0.05, 0.1) is 23.5 Å². The summed E-state index contributed by atoms with van der Waals surface area (Å²) in [6.07, 6.45) is -3.12. The lowest BCUT2D eigenvalue weighted by Crippen LogP contribution is -2.23. The van der Waals surface area contributed by atoms with Crippen molar-refractivity contribution in [3.8, 4) is 5.69 Å². The number of nitrogens with zero attached hydrogens (tertiary/aromatic N) is 4. The van der Waals surface area contributed by atoms with Gasteiger partial charge < -0.3 is 10.6 Å². The molecule has 10 heteroatoms. The maximum atomic E-state index is 13.0. The van der Waals surface area contributed by atoms with Gasteiger partial charge in [0, 0.05) is 5.69 Å². The van der Waals surface area contributed by atoms with Crippen molar-refractivity contribution in [2.45, 2.75) is 13.1 Å². The van der Waals surface area contributed by atoms with Gasteiger partial charge in [-0.3, -0.25) is 4.79 Å². The number of halogens is 3. The molecule has 3 aromatic rings. The van der Waals surface area contributed by atoms with Gasteiger partial charge in [-0.1, -0.05) is 18.2 Å². The minimum atomic E-state index is -4.55. The summed E-state index contributed by atoms with van der Waals surface area (Å²) >= 11 is 0. The summed E-state index contributed by atoms with van der Waals surface area (Å²) < 4.78 is 40.4. The number of alkyl halides is 3. The van der Waals surface area contributed by atoms with Gasteiger partial charge in [-0.15, -0.1) is 5.10 Å². The van der Waals surface area contributed by atoms with Gasteiger partial charge in [-0.25, -0.2) is 4.68 Å². The topological polar surface area (TPSA) is 84.7 Å². The minimum Gasteiger partial charge on any atom is -0.376 e. The van der Waals surface area contributed by atoms with Crippen LogP contribution in [0.25, 0.3) is 5.69 Å². The maximum Gasteiger partial charge on any atom is 0.418 e. The molecule has 1 aromatic heterocycles. The van der Waals surface area contributed by atoms with Gasteiger partial charge in [0.25, 0.3) is 0 Å². The third-order valence-electron chi connectivity index (χ3n) is 3.78. The zero-order chi connectivity index (χ0) is 19.4. The van der Waals surface area contributed by atoms with Crippen molar-refractivity contribution >= 4 is 17.3 Å². The van der Waals surface area contributed by atoms with Crippen LogP contribution in [0.1, 0.15) is 11.1 Å². The van der Waals surface area contributed by atoms with E-state index in [1.807, 2.05) is 13.0 Å². The van der Waals surface area contributed by atoms with Crippen molar-refractivity contribution in [3.05, 3.63) is 59.9 Å². The Labute approximate surface area is 152 Å². The molecule has 0 fully saturated rings. The van der Waals surface area contributed by atoms with Crippen molar-refractivity contribution in [1.29, 1.82) is 0 Å². The number of hydrogen-bond donors (Lipinski definition) is 2. The van der Waals surface area contributed by atoms with Crippen LogP contribution in [0.4, 0.5) is 24.5 Å². The number of anilines is 2. The van der Waals surface area contributed by atoms with Crippen molar-refractivity contribution < 1.29 is 18.0 Å². The third kappa shape index (κ3) is 4.40. The highest BCUT2D eigenvalue weighted by molar-refractivity contribution is 5.94. The number of tetrazole rings is 1. The van der Waals surface area contributed by atoms with Crippen LogP contribution in [0.2, 0.25) is 0 Å². The summed E-state index contributed by atoms with van der Waals surface area (Å²) in [7, 11) is 0. The highest BCUT2D eigenvalue weighted by atomic mass is 19.4. The first kappa shape index (κ1) is 18.4. The van der Waals surface area contributed by atoms with Crippen LogP contribution in [0.3, 0.4) is 0 Å². The Hall–Kier alpha value is -3.43. The second-order valence-corrected chi connectivity index (χ2v) is 5.70. The molecule has 0 radical (unpaired) electrons. The lowest BCUT2D eigenvalue weighted by Gasteiger charge is -2.15. The molecule has 2 aromatic carbocycles. The van der Waals surface area contributed by atoms with Crippen molar-refractivity contribution in [2.75, 3.05) is 17.2 Å². The van der Waals surface area contributed by atoms with E-state index < -0.39 is 17.6 Å². The van der Waals surface area contributed by atoms with E-state index in [-0.39, 0.29) is 12.2 Å². The smallest absolute Gasteiger partial charge is 0.376 e. The molecule has 0 saturated carbocycles. The van der Waals surface area contributed by atoms with E-state index in [2.05, 4.69) is 26.2 Å². The number of benzene rings is 2. The lowest BCUT2D eigenvalue weighted by molar-refractivity contribution is -0.137. The number of carbonyl (C=O) groups excluding carboxylic acids is 1. The van der Waals surface area contributed by atoms with Gasteiger partial charge in [-0.2, -0.15) is 13.2 Å². The van der Waals surface area contributed by atoms with Crippen LogP contribution in [-0.2, 0) is 11.0 Å². The molecule has 0 spiro atoms. The van der Waals surface area contributed by atoms with Crippen LogP contribution in [0, 0.1) is 6.92 Å². The van der Waals surface area contributed by atoms with Crippen LogP contribution < -0.4 is 10.6 Å². The zero-order valence-electron chi connectivity index (χ0n) is 14.2. The monoisotopic (exact) mass is 376 g/mol. The van der Waals surface area contributed by atoms with Crippen LogP contribution >= 0.6 is 0 Å². The quantitative estimate of drug-likeness (QED) is 0.715. The molecule has 0 atom stereocenters. The van der Waals surface area contributed by atoms with Gasteiger partial charge in [0.1, 0.15) is 6.33 Å². The number of aromatic nitrogens is 4. The van der Waals surface area contributed by atoms with E-state index in [9.17, 15) is 18.0 Å². The van der Waals surface area contributed by atoms with Gasteiger partial charge >= 0.3 is 6.18 Å². The van der Waals surface area contributed by atoms with E-state index in [0.717, 1.165) is 11.6 Å². The molecule has 0 bridgehead atoms. The summed E-state index contributed by atoms with van der Waals surface area (Å²) in [5.41, 5.74) is 1.000. The van der Waals surface area contributed by atoms with Crippen LogP contribution in [0.5, 0.6) is 0 Å². The van der Waals surface area contributed by atoms with E-state index in [0.29, 0.717) is 11.4 Å². The first-order chi connectivity index (χ1) is 12.8. The molecule has 1 heterocycles. The Morgan fingerprint density at radius 2 is 1.93 bits per heavy atom. The molecule has 0 saturated heterocycles. The molecular formula is C17H15F3N6O. The largest absolute Gasteiger partial charge is 0.418 e. The third-order valence-corrected chi connectivity index (χ3v) is 3.78. The second-order valence-electron chi connectivity index (χ2n) is 5.70. The van der Waals surface area contributed by atoms with Gasteiger partial charge in [0.2, 0.25) is 5.91 Å². The molecule has 3 rings (SSSR count). The molecule has 0 aliphatic rings. The van der Waals surface area contributed by atoms with Gasteiger partial charge in [-0.05, 0) is 47.2 Å². The van der Waals surface area contributed by atoms with Crippen LogP contribution in [-0.4, -0.2) is 32.7 Å². The highest BCUT2D eigenvalue weighted by Gasteiger charge is 2.33. The first-order valence-electron chi connectivity index (χ1n) is 7.88. The number of amides is 1. The highest BCUT2D eigenvalue weighted by Crippen LogP contribution is 2.34. The number of para-hydroxylation sites is 1. The fourth-order valence-corrected chi connectivity index (χ4v) is 2.43. The predicted molar refractivity (Wildman–Crippen MR) is 92.5 cm³/mol. The van der Waals surface area contributed by atoms with Crippen LogP contribution in [0.15, 0.2) is 48.8 Å². The Bertz CT molecular complexity index is 940. The van der Waals surface area contributed by atoms with Crippen molar-refractivity contribution in [3.63, 3.8) is 0 Å². The fraction of sp³-hybridized carbons (Fsp3) is 0.176. The first-order valence-corrected chi connectivity index (χ1v) is 7.88. The van der Waals surface area contributed by atoms with E-state index in [4.69, 9.17) is 0 Å². The molecule has 140 valence electrons. The SMILES string of the molecule is Cc1ccc(-n2cnnn2)cc1NCC(=O)Nc1ccccc1C(F)(F)F. The maximum absolute atomic E-state index is 13.0. The standard InChI is InChI=1S/C17H15F3N6O/c1-11-6-7-12(26-10-22-24-25-26)8-15(11)21-9-16(27)23-14-5-3-2-4-13(14)17(18,19)20/h2-8,10,21H,9H2,1H3,(H,23,27). The predicted octanol–water partition coefficient (Wildman–Crippen LogP) is 3.04. The van der Waals surface area contributed by atoms with Crippen molar-refractivity contribution in [1.82, 2.24) is 20.2 Å². The second kappa shape index (κ2) is 7.44. The van der Waals surface area contributed by atoms with Gasteiger partial charge in [0.15, 0.2) is 0 Å². The number of hydrogen-bond acceptors (Lipinski definition) is 5. The summed E-state index contributed by atoms with van der Waals surface area (Å²) in [4.78, 5) is 12.1. The summed E-state index contributed by atoms with van der Waals surface area (Å²) in [6.45, 7) is 1.63. The molecule has 7 nitrogen and oxygen atoms in total. The zero-order valence-corrected chi connectivity index (χ0v) is 14.2. The van der Waals surface area contributed by atoms with Crippen molar-refractivity contribution in [2.24, 2.45) is 0 Å². The number of rotatable bonds is 5. The molecule has 0 aliphatic carbocycles. The molecule has 27 heavy (non-hydrogen) atoms. The molecule has 2 N–H and O–H groups in total. The fourth-order valence-electron chi connectivity index (χ4n) is 2.43. The number of nitrogens with one attached hydrogen (secondary N) is 2.